The smallest absolute Gasteiger partial charge is 0.266 e. The number of benzene rings is 2. The van der Waals surface area contributed by atoms with Crippen molar-refractivity contribution in [2.24, 2.45) is 0 Å². The van der Waals surface area contributed by atoms with Crippen LogP contribution >= 0.6 is 23.2 Å². The second-order valence-corrected chi connectivity index (χ2v) is 5.26. The first-order chi connectivity index (χ1) is 9.58. The van der Waals surface area contributed by atoms with Gasteiger partial charge in [0.15, 0.2) is 0 Å². The van der Waals surface area contributed by atoms with E-state index in [4.69, 9.17) is 23.2 Å². The van der Waals surface area contributed by atoms with E-state index in [0.717, 1.165) is 0 Å². The standard InChI is InChI=1S/C15H10Cl2N2O/c1-9-18-13-5-3-2-4-11(13)15(20)19(9)14-8-10(16)6-7-12(14)17/h2-8H,1H3. The minimum absolute atomic E-state index is 0.155. The number of rotatable bonds is 1. The molecule has 0 fully saturated rings. The topological polar surface area (TPSA) is 34.9 Å². The minimum Gasteiger partial charge on any atom is -0.268 e. The fourth-order valence-corrected chi connectivity index (χ4v) is 2.55. The summed E-state index contributed by atoms with van der Waals surface area (Å²) in [6, 6.07) is 12.2. The number of hydrogen-bond donors (Lipinski definition) is 0. The molecule has 5 heteroatoms. The van der Waals surface area contributed by atoms with Gasteiger partial charge in [0.25, 0.3) is 5.56 Å². The molecule has 0 aliphatic carbocycles. The summed E-state index contributed by atoms with van der Waals surface area (Å²) in [4.78, 5) is 17.1. The fraction of sp³-hybridized carbons (Fsp3) is 0.0667. The molecular weight excluding hydrogens is 295 g/mol. The highest BCUT2D eigenvalue weighted by Crippen LogP contribution is 2.24. The molecular formula is C15H10Cl2N2O. The molecule has 0 aliphatic rings. The van der Waals surface area contributed by atoms with E-state index in [1.807, 2.05) is 18.2 Å². The van der Waals surface area contributed by atoms with E-state index in [1.165, 1.54) is 4.57 Å². The highest BCUT2D eigenvalue weighted by Gasteiger charge is 2.12. The average Bonchev–Trinajstić information content (AvgIpc) is 2.42. The normalized spacial score (nSPS) is 10.9. The van der Waals surface area contributed by atoms with Crippen LogP contribution in [0.1, 0.15) is 5.82 Å². The van der Waals surface area contributed by atoms with E-state index >= 15 is 0 Å². The molecule has 20 heavy (non-hydrogen) atoms. The van der Waals surface area contributed by atoms with E-state index in [2.05, 4.69) is 4.98 Å². The van der Waals surface area contributed by atoms with Crippen LogP contribution in [0.4, 0.5) is 0 Å². The summed E-state index contributed by atoms with van der Waals surface area (Å²) in [5.74, 6) is 0.567. The summed E-state index contributed by atoms with van der Waals surface area (Å²) < 4.78 is 1.48. The maximum absolute atomic E-state index is 12.6. The molecule has 100 valence electrons. The Morgan fingerprint density at radius 1 is 1.10 bits per heavy atom. The van der Waals surface area contributed by atoms with Crippen molar-refractivity contribution in [2.45, 2.75) is 6.92 Å². The van der Waals surface area contributed by atoms with Crippen molar-refractivity contribution in [3.63, 3.8) is 0 Å². The second kappa shape index (κ2) is 4.93. The molecule has 0 N–H and O–H groups in total. The Morgan fingerprint density at radius 2 is 1.85 bits per heavy atom. The lowest BCUT2D eigenvalue weighted by Crippen LogP contribution is -2.22. The van der Waals surface area contributed by atoms with E-state index in [9.17, 15) is 4.79 Å². The molecule has 3 aromatic rings. The third-order valence-electron chi connectivity index (χ3n) is 3.09. The number of fused-ring (bicyclic) bond motifs is 1. The Labute approximate surface area is 125 Å². The molecule has 0 spiro atoms. The van der Waals surface area contributed by atoms with Crippen LogP contribution in [0.2, 0.25) is 10.0 Å². The zero-order chi connectivity index (χ0) is 14.3. The van der Waals surface area contributed by atoms with Gasteiger partial charge in [-0.3, -0.25) is 9.36 Å². The van der Waals surface area contributed by atoms with E-state index < -0.39 is 0 Å². The van der Waals surface area contributed by atoms with Gasteiger partial charge in [0.1, 0.15) is 5.82 Å². The summed E-state index contributed by atoms with van der Waals surface area (Å²) in [5, 5.41) is 1.52. The second-order valence-electron chi connectivity index (χ2n) is 4.41. The molecule has 3 nitrogen and oxygen atoms in total. The highest BCUT2D eigenvalue weighted by molar-refractivity contribution is 6.34. The van der Waals surface area contributed by atoms with Gasteiger partial charge in [-0.05, 0) is 37.3 Å². The van der Waals surface area contributed by atoms with E-state index in [0.29, 0.717) is 32.5 Å². The van der Waals surface area contributed by atoms with E-state index in [1.54, 1.807) is 31.2 Å². The maximum atomic E-state index is 12.6. The van der Waals surface area contributed by atoms with Crippen molar-refractivity contribution in [1.29, 1.82) is 0 Å². The molecule has 1 heterocycles. The van der Waals surface area contributed by atoms with Gasteiger partial charge in [0.2, 0.25) is 0 Å². The summed E-state index contributed by atoms with van der Waals surface area (Å²) in [6.07, 6.45) is 0. The molecule has 1 aromatic heterocycles. The Bertz CT molecular complexity index is 871. The SMILES string of the molecule is Cc1nc2ccccc2c(=O)n1-c1cc(Cl)ccc1Cl. The van der Waals surface area contributed by atoms with Crippen LogP contribution in [0.3, 0.4) is 0 Å². The fourth-order valence-electron chi connectivity index (χ4n) is 2.18. The molecule has 0 saturated heterocycles. The van der Waals surface area contributed by atoms with Crippen LogP contribution in [0, 0.1) is 6.92 Å². The Hall–Kier alpha value is -1.84. The lowest BCUT2D eigenvalue weighted by molar-refractivity contribution is 0.895. The van der Waals surface area contributed by atoms with Crippen LogP contribution in [0.15, 0.2) is 47.3 Å². The number of aryl methyl sites for hydroxylation is 1. The van der Waals surface area contributed by atoms with Crippen molar-refractivity contribution in [1.82, 2.24) is 9.55 Å². The molecule has 2 aromatic carbocycles. The number of nitrogens with zero attached hydrogens (tertiary/aromatic N) is 2. The van der Waals surface area contributed by atoms with Gasteiger partial charge < -0.3 is 0 Å². The molecule has 0 radical (unpaired) electrons. The third-order valence-corrected chi connectivity index (χ3v) is 3.65. The minimum atomic E-state index is -0.155. The Kier molecular flexibility index (Phi) is 3.24. The van der Waals surface area contributed by atoms with Gasteiger partial charge in [-0.2, -0.15) is 0 Å². The predicted molar refractivity (Wildman–Crippen MR) is 82.1 cm³/mol. The number of aromatic nitrogens is 2. The van der Waals surface area contributed by atoms with Crippen molar-refractivity contribution < 1.29 is 0 Å². The molecule has 0 amide bonds. The van der Waals surface area contributed by atoms with Crippen molar-refractivity contribution in [3.8, 4) is 5.69 Å². The number of para-hydroxylation sites is 1. The first-order valence-electron chi connectivity index (χ1n) is 6.02. The van der Waals surface area contributed by atoms with Crippen molar-refractivity contribution in [2.75, 3.05) is 0 Å². The van der Waals surface area contributed by atoms with Crippen molar-refractivity contribution >= 4 is 34.1 Å². The van der Waals surface area contributed by atoms with E-state index in [-0.39, 0.29) is 5.56 Å². The Balaban J connectivity index is 2.42. The summed E-state index contributed by atoms with van der Waals surface area (Å²) >= 11 is 12.2. The van der Waals surface area contributed by atoms with Crippen LogP contribution in [0.25, 0.3) is 16.6 Å². The quantitative estimate of drug-likeness (QED) is 0.681. The maximum Gasteiger partial charge on any atom is 0.266 e. The van der Waals surface area contributed by atoms with Crippen LogP contribution in [-0.4, -0.2) is 9.55 Å². The van der Waals surface area contributed by atoms with Crippen LogP contribution in [-0.2, 0) is 0 Å². The molecule has 0 bridgehead atoms. The number of hydrogen-bond acceptors (Lipinski definition) is 2. The largest absolute Gasteiger partial charge is 0.268 e. The zero-order valence-corrected chi connectivity index (χ0v) is 12.1. The lowest BCUT2D eigenvalue weighted by Gasteiger charge is -2.12. The first-order valence-corrected chi connectivity index (χ1v) is 6.77. The van der Waals surface area contributed by atoms with Crippen LogP contribution < -0.4 is 5.56 Å². The monoisotopic (exact) mass is 304 g/mol. The van der Waals surface area contributed by atoms with Gasteiger partial charge in [0.05, 0.1) is 21.6 Å². The average molecular weight is 305 g/mol. The number of halogens is 2. The molecule has 3 rings (SSSR count). The van der Waals surface area contributed by atoms with Crippen LogP contribution in [0.5, 0.6) is 0 Å². The molecule has 0 atom stereocenters. The van der Waals surface area contributed by atoms with Gasteiger partial charge >= 0.3 is 0 Å². The van der Waals surface area contributed by atoms with Crippen molar-refractivity contribution in [3.05, 3.63) is 68.7 Å². The Morgan fingerprint density at radius 3 is 2.65 bits per heavy atom. The lowest BCUT2D eigenvalue weighted by atomic mass is 10.2. The third kappa shape index (κ3) is 2.09. The van der Waals surface area contributed by atoms with Gasteiger partial charge in [-0.25, -0.2) is 4.98 Å². The molecule has 0 unspecified atom stereocenters. The predicted octanol–water partition coefficient (Wildman–Crippen LogP) is 4.00. The van der Waals surface area contributed by atoms with Gasteiger partial charge in [-0.15, -0.1) is 0 Å². The van der Waals surface area contributed by atoms with Gasteiger partial charge in [-0.1, -0.05) is 35.3 Å². The zero-order valence-electron chi connectivity index (χ0n) is 10.6. The highest BCUT2D eigenvalue weighted by atomic mass is 35.5. The summed E-state index contributed by atoms with van der Waals surface area (Å²) in [7, 11) is 0. The van der Waals surface area contributed by atoms with Gasteiger partial charge in [0, 0.05) is 5.02 Å². The summed E-state index contributed by atoms with van der Waals surface area (Å²) in [5.41, 5.74) is 1.06. The summed E-state index contributed by atoms with van der Waals surface area (Å²) in [6.45, 7) is 1.77. The molecule has 0 aliphatic heterocycles. The molecule has 0 saturated carbocycles. The first kappa shape index (κ1) is 13.2.